The average molecular weight is 230 g/mol. The van der Waals surface area contributed by atoms with E-state index in [2.05, 4.69) is 69.4 Å². The van der Waals surface area contributed by atoms with E-state index in [0.29, 0.717) is 0 Å². The molecule has 0 aliphatic carbocycles. The third-order valence-electron chi connectivity index (χ3n) is 3.08. The predicted octanol–water partition coefficient (Wildman–Crippen LogP) is 3.93. The van der Waals surface area contributed by atoms with Crippen LogP contribution < -0.4 is 0 Å². The lowest BCUT2D eigenvalue weighted by Gasteiger charge is -2.30. The first-order valence-corrected chi connectivity index (χ1v) is 6.19. The minimum Gasteiger partial charge on any atom is -0.237 e. The van der Waals surface area contributed by atoms with Crippen molar-refractivity contribution in [2.45, 2.75) is 52.4 Å². The van der Waals surface area contributed by atoms with Crippen LogP contribution >= 0.6 is 0 Å². The van der Waals surface area contributed by atoms with Gasteiger partial charge in [-0.1, -0.05) is 47.6 Å². The molecule has 2 aromatic heterocycles. The summed E-state index contributed by atoms with van der Waals surface area (Å²) in [6.45, 7) is 13.5. The Morgan fingerprint density at radius 2 is 1.53 bits per heavy atom. The standard InChI is InChI=1S/C15H22N2/c1-14(2,3)12-8-7-11-9-10-16-17(11)13(12)15(4,5)6/h7-10H,1-6H3. The van der Waals surface area contributed by atoms with E-state index in [4.69, 9.17) is 0 Å². The molecule has 92 valence electrons. The van der Waals surface area contributed by atoms with Gasteiger partial charge in [-0.15, -0.1) is 0 Å². The molecule has 0 amide bonds. The van der Waals surface area contributed by atoms with Crippen LogP contribution in [0.15, 0.2) is 24.4 Å². The molecule has 17 heavy (non-hydrogen) atoms. The highest BCUT2D eigenvalue weighted by atomic mass is 15.2. The molecule has 0 fully saturated rings. The van der Waals surface area contributed by atoms with Crippen LogP contribution in [0.3, 0.4) is 0 Å². The molecule has 0 bridgehead atoms. The van der Waals surface area contributed by atoms with Gasteiger partial charge in [0.25, 0.3) is 0 Å². The topological polar surface area (TPSA) is 17.3 Å². The molecular formula is C15H22N2. The highest BCUT2D eigenvalue weighted by Gasteiger charge is 2.27. The van der Waals surface area contributed by atoms with Gasteiger partial charge in [0.1, 0.15) is 0 Å². The number of hydrogen-bond donors (Lipinski definition) is 0. The van der Waals surface area contributed by atoms with Crippen LogP contribution in [0.25, 0.3) is 5.52 Å². The van der Waals surface area contributed by atoms with Gasteiger partial charge in [0.2, 0.25) is 0 Å². The summed E-state index contributed by atoms with van der Waals surface area (Å²) in [6, 6.07) is 6.46. The third-order valence-corrected chi connectivity index (χ3v) is 3.08. The Morgan fingerprint density at radius 3 is 2.06 bits per heavy atom. The number of hydrogen-bond acceptors (Lipinski definition) is 1. The fraction of sp³-hybridized carbons (Fsp3) is 0.533. The molecule has 0 saturated heterocycles. The summed E-state index contributed by atoms with van der Waals surface area (Å²) in [6.07, 6.45) is 1.87. The minimum absolute atomic E-state index is 0.0914. The van der Waals surface area contributed by atoms with Crippen molar-refractivity contribution < 1.29 is 0 Å². The highest BCUT2D eigenvalue weighted by Crippen LogP contribution is 2.33. The van der Waals surface area contributed by atoms with Gasteiger partial charge in [0.15, 0.2) is 0 Å². The second-order valence-corrected chi connectivity index (χ2v) is 6.76. The maximum atomic E-state index is 4.48. The molecule has 2 rings (SSSR count). The van der Waals surface area contributed by atoms with Gasteiger partial charge in [-0.25, -0.2) is 4.52 Å². The Labute approximate surface area is 104 Å². The summed E-state index contributed by atoms with van der Waals surface area (Å²) in [4.78, 5) is 0. The van der Waals surface area contributed by atoms with Gasteiger partial charge in [0, 0.05) is 11.6 Å². The Bertz CT molecular complexity index is 536. The number of pyridine rings is 1. The van der Waals surface area contributed by atoms with E-state index in [1.165, 1.54) is 16.8 Å². The van der Waals surface area contributed by atoms with Crippen molar-refractivity contribution in [3.05, 3.63) is 35.7 Å². The van der Waals surface area contributed by atoms with E-state index in [1.807, 2.05) is 6.20 Å². The molecule has 0 radical (unpaired) electrons. The smallest absolute Gasteiger partial charge is 0.0665 e. The molecule has 0 spiro atoms. The van der Waals surface area contributed by atoms with Gasteiger partial charge in [-0.2, -0.15) is 5.10 Å². The summed E-state index contributed by atoms with van der Waals surface area (Å²) in [5.74, 6) is 0. The van der Waals surface area contributed by atoms with Crippen LogP contribution in [0.1, 0.15) is 52.8 Å². The lowest BCUT2D eigenvalue weighted by Crippen LogP contribution is -2.25. The van der Waals surface area contributed by atoms with Crippen molar-refractivity contribution >= 4 is 5.52 Å². The van der Waals surface area contributed by atoms with Crippen LogP contribution in [0.5, 0.6) is 0 Å². The Morgan fingerprint density at radius 1 is 0.882 bits per heavy atom. The average Bonchev–Trinajstić information content (AvgIpc) is 2.59. The second-order valence-electron chi connectivity index (χ2n) is 6.76. The van der Waals surface area contributed by atoms with Gasteiger partial charge in [0.05, 0.1) is 11.2 Å². The minimum atomic E-state index is 0.0914. The van der Waals surface area contributed by atoms with Crippen LogP contribution in [-0.4, -0.2) is 9.61 Å². The lowest BCUT2D eigenvalue weighted by molar-refractivity contribution is 0.499. The van der Waals surface area contributed by atoms with Crippen molar-refractivity contribution in [2.75, 3.05) is 0 Å². The van der Waals surface area contributed by atoms with E-state index in [1.54, 1.807) is 0 Å². The normalized spacial score (nSPS) is 13.3. The number of fused-ring (bicyclic) bond motifs is 1. The van der Waals surface area contributed by atoms with E-state index >= 15 is 0 Å². The fourth-order valence-electron chi connectivity index (χ4n) is 2.32. The predicted molar refractivity (Wildman–Crippen MR) is 72.6 cm³/mol. The van der Waals surface area contributed by atoms with Crippen LogP contribution in [0.4, 0.5) is 0 Å². The molecule has 2 aromatic rings. The monoisotopic (exact) mass is 230 g/mol. The number of rotatable bonds is 0. The van der Waals surface area contributed by atoms with E-state index in [0.717, 1.165) is 0 Å². The zero-order valence-electron chi connectivity index (χ0n) is 11.7. The van der Waals surface area contributed by atoms with Gasteiger partial charge in [-0.3, -0.25) is 0 Å². The molecule has 0 aliphatic rings. The first-order chi connectivity index (χ1) is 7.71. The first-order valence-electron chi connectivity index (χ1n) is 6.19. The number of aromatic nitrogens is 2. The maximum Gasteiger partial charge on any atom is 0.0665 e. The first kappa shape index (κ1) is 12.2. The fourth-order valence-corrected chi connectivity index (χ4v) is 2.32. The van der Waals surface area contributed by atoms with Crippen LogP contribution in [0.2, 0.25) is 0 Å². The zero-order valence-corrected chi connectivity index (χ0v) is 11.7. The van der Waals surface area contributed by atoms with Crippen molar-refractivity contribution in [3.8, 4) is 0 Å². The largest absolute Gasteiger partial charge is 0.237 e. The van der Waals surface area contributed by atoms with Crippen LogP contribution in [0, 0.1) is 0 Å². The van der Waals surface area contributed by atoms with Crippen molar-refractivity contribution in [2.24, 2.45) is 0 Å². The van der Waals surface area contributed by atoms with Gasteiger partial charge in [-0.05, 0) is 23.1 Å². The number of nitrogens with zero attached hydrogens (tertiary/aromatic N) is 2. The highest BCUT2D eigenvalue weighted by molar-refractivity contribution is 5.51. The Kier molecular flexibility index (Phi) is 2.57. The van der Waals surface area contributed by atoms with E-state index in [-0.39, 0.29) is 10.8 Å². The molecule has 0 aliphatic heterocycles. The summed E-state index contributed by atoms with van der Waals surface area (Å²) >= 11 is 0. The zero-order chi connectivity index (χ0) is 12.8. The summed E-state index contributed by atoms with van der Waals surface area (Å²) in [5.41, 5.74) is 4.09. The second kappa shape index (κ2) is 3.59. The molecule has 2 heterocycles. The Hall–Kier alpha value is -1.31. The quantitative estimate of drug-likeness (QED) is 0.670. The summed E-state index contributed by atoms with van der Waals surface area (Å²) in [5, 5.41) is 4.48. The van der Waals surface area contributed by atoms with E-state index < -0.39 is 0 Å². The molecule has 0 N–H and O–H groups in total. The molecule has 0 saturated carbocycles. The van der Waals surface area contributed by atoms with Crippen molar-refractivity contribution in [3.63, 3.8) is 0 Å². The van der Waals surface area contributed by atoms with Crippen LogP contribution in [-0.2, 0) is 10.8 Å². The van der Waals surface area contributed by atoms with E-state index in [9.17, 15) is 0 Å². The van der Waals surface area contributed by atoms with Gasteiger partial charge < -0.3 is 0 Å². The summed E-state index contributed by atoms with van der Waals surface area (Å²) in [7, 11) is 0. The Balaban J connectivity index is 2.85. The summed E-state index contributed by atoms with van der Waals surface area (Å²) < 4.78 is 2.08. The van der Waals surface area contributed by atoms with Crippen molar-refractivity contribution in [1.82, 2.24) is 9.61 Å². The molecule has 2 nitrogen and oxygen atoms in total. The molecule has 0 unspecified atom stereocenters. The molecule has 0 atom stereocenters. The molecular weight excluding hydrogens is 208 g/mol. The molecule has 0 aromatic carbocycles. The molecule has 2 heteroatoms. The van der Waals surface area contributed by atoms with Crippen molar-refractivity contribution in [1.29, 1.82) is 0 Å². The van der Waals surface area contributed by atoms with Gasteiger partial charge >= 0.3 is 0 Å². The SMILES string of the molecule is CC(C)(C)c1ccc2ccnn2c1C(C)(C)C. The third kappa shape index (κ3) is 2.08. The lowest BCUT2D eigenvalue weighted by atomic mass is 9.78. The maximum absolute atomic E-state index is 4.48.